The van der Waals surface area contributed by atoms with E-state index in [9.17, 15) is 9.18 Å². The summed E-state index contributed by atoms with van der Waals surface area (Å²) >= 11 is 0. The van der Waals surface area contributed by atoms with E-state index in [1.54, 1.807) is 24.5 Å². The van der Waals surface area contributed by atoms with E-state index in [0.717, 1.165) is 47.8 Å². The Kier molecular flexibility index (Phi) is 8.00. The van der Waals surface area contributed by atoms with Gasteiger partial charge in [-0.1, -0.05) is 36.4 Å². The van der Waals surface area contributed by atoms with Crippen LogP contribution in [-0.4, -0.2) is 40.0 Å². The molecule has 1 aliphatic heterocycles. The number of rotatable bonds is 8. The number of nitrogens with zero attached hydrogens (tertiary/aromatic N) is 3. The predicted octanol–water partition coefficient (Wildman–Crippen LogP) is 6.28. The maximum Gasteiger partial charge on any atom is 0.228 e. The molecule has 3 aromatic carbocycles. The number of benzene rings is 3. The van der Waals surface area contributed by atoms with Crippen LogP contribution < -0.4 is 20.7 Å². The molecule has 1 atom stereocenters. The second-order valence-electron chi connectivity index (χ2n) is 10.4. The van der Waals surface area contributed by atoms with E-state index in [-0.39, 0.29) is 24.2 Å². The molecule has 1 amide bonds. The molecule has 212 valence electrons. The molecular formula is C33H31FN6O2. The fourth-order valence-corrected chi connectivity index (χ4v) is 5.21. The topological polar surface area (TPSA) is 101 Å². The van der Waals surface area contributed by atoms with E-state index >= 15 is 0 Å². The molecule has 1 aliphatic rings. The number of hydrogen-bond donors (Lipinski definition) is 3. The van der Waals surface area contributed by atoms with Crippen molar-refractivity contribution >= 4 is 28.3 Å². The van der Waals surface area contributed by atoms with Crippen LogP contribution in [0.3, 0.4) is 0 Å². The van der Waals surface area contributed by atoms with Crippen LogP contribution in [0.15, 0.2) is 85.2 Å². The number of anilines is 2. The molecule has 2 aromatic heterocycles. The number of carbonyl (C=O) groups excluding carboxylic acids is 1. The summed E-state index contributed by atoms with van der Waals surface area (Å²) in [5.41, 5.74) is 3.60. The third kappa shape index (κ3) is 6.21. The minimum Gasteiger partial charge on any atom is -0.437 e. The first kappa shape index (κ1) is 27.3. The van der Waals surface area contributed by atoms with Gasteiger partial charge in [0, 0.05) is 41.4 Å². The summed E-state index contributed by atoms with van der Waals surface area (Å²) in [7, 11) is 0. The minimum atomic E-state index is -0.368. The van der Waals surface area contributed by atoms with Crippen molar-refractivity contribution in [3.8, 4) is 22.9 Å². The predicted molar refractivity (Wildman–Crippen MR) is 162 cm³/mol. The molecule has 0 radical (unpaired) electrons. The normalized spacial score (nSPS) is 14.9. The van der Waals surface area contributed by atoms with Crippen molar-refractivity contribution in [2.45, 2.75) is 32.2 Å². The first-order chi connectivity index (χ1) is 20.5. The molecule has 0 aliphatic carbocycles. The lowest BCUT2D eigenvalue weighted by molar-refractivity contribution is -0.115. The van der Waals surface area contributed by atoms with Gasteiger partial charge in [0.05, 0.1) is 17.7 Å². The molecule has 0 unspecified atom stereocenters. The molecule has 3 N–H and O–H groups in total. The zero-order valence-electron chi connectivity index (χ0n) is 23.2. The quantitative estimate of drug-likeness (QED) is 0.205. The number of amides is 1. The Labute approximate surface area is 243 Å². The Morgan fingerprint density at radius 1 is 1.02 bits per heavy atom. The number of ether oxygens (including phenoxy) is 1. The highest BCUT2D eigenvalue weighted by molar-refractivity contribution is 6.05. The van der Waals surface area contributed by atoms with Gasteiger partial charge in [-0.05, 0) is 73.8 Å². The van der Waals surface area contributed by atoms with E-state index in [1.165, 1.54) is 12.1 Å². The van der Waals surface area contributed by atoms with E-state index in [1.807, 2.05) is 55.5 Å². The summed E-state index contributed by atoms with van der Waals surface area (Å²) in [5.74, 6) is 1.01. The monoisotopic (exact) mass is 562 g/mol. The van der Waals surface area contributed by atoms with Gasteiger partial charge in [-0.3, -0.25) is 4.79 Å². The van der Waals surface area contributed by atoms with E-state index in [0.29, 0.717) is 34.5 Å². The zero-order chi connectivity index (χ0) is 28.9. The van der Waals surface area contributed by atoms with Gasteiger partial charge in [0.25, 0.3) is 0 Å². The SMILES string of the molecule is Cc1ccc2c(NC(=O)Cc3cccc(F)c3)cccc2c1Oc1ncccc1-c1ccnc(N[C@H]2CCCNC2)n1. The molecule has 9 heteroatoms. The fourth-order valence-electron chi connectivity index (χ4n) is 5.21. The summed E-state index contributed by atoms with van der Waals surface area (Å²) in [6.45, 7) is 3.88. The summed E-state index contributed by atoms with van der Waals surface area (Å²) in [5, 5.41) is 11.5. The zero-order valence-corrected chi connectivity index (χ0v) is 23.2. The van der Waals surface area contributed by atoms with Crippen LogP contribution in [0.25, 0.3) is 22.0 Å². The van der Waals surface area contributed by atoms with E-state index in [4.69, 9.17) is 9.72 Å². The number of carbonyl (C=O) groups is 1. The summed E-state index contributed by atoms with van der Waals surface area (Å²) < 4.78 is 20.1. The number of piperidine rings is 1. The maximum atomic E-state index is 13.6. The lowest BCUT2D eigenvalue weighted by atomic mass is 10.0. The third-order valence-electron chi connectivity index (χ3n) is 7.27. The molecule has 0 bridgehead atoms. The molecule has 1 saturated heterocycles. The number of nitrogens with one attached hydrogen (secondary N) is 3. The minimum absolute atomic E-state index is 0.0632. The van der Waals surface area contributed by atoms with Gasteiger partial charge >= 0.3 is 0 Å². The number of aromatic nitrogens is 3. The molecule has 42 heavy (non-hydrogen) atoms. The first-order valence-electron chi connectivity index (χ1n) is 14.0. The van der Waals surface area contributed by atoms with Crippen molar-refractivity contribution in [1.29, 1.82) is 0 Å². The Balaban J connectivity index is 1.28. The van der Waals surface area contributed by atoms with Crippen molar-refractivity contribution in [3.63, 3.8) is 0 Å². The summed E-state index contributed by atoms with van der Waals surface area (Å²) in [6.07, 6.45) is 5.66. The number of halogens is 1. The molecule has 3 heterocycles. The van der Waals surface area contributed by atoms with Crippen molar-refractivity contribution in [2.24, 2.45) is 0 Å². The van der Waals surface area contributed by atoms with Crippen molar-refractivity contribution in [2.75, 3.05) is 23.7 Å². The third-order valence-corrected chi connectivity index (χ3v) is 7.27. The lowest BCUT2D eigenvalue weighted by Crippen LogP contribution is -2.38. The molecule has 1 fully saturated rings. The van der Waals surface area contributed by atoms with Crippen LogP contribution >= 0.6 is 0 Å². The van der Waals surface area contributed by atoms with Crippen LogP contribution in [0, 0.1) is 12.7 Å². The Morgan fingerprint density at radius 3 is 2.79 bits per heavy atom. The number of pyridine rings is 1. The summed E-state index contributed by atoms with van der Waals surface area (Å²) in [6, 6.07) is 21.5. The van der Waals surface area contributed by atoms with Crippen LogP contribution in [0.4, 0.5) is 16.0 Å². The number of aryl methyl sites for hydroxylation is 1. The van der Waals surface area contributed by atoms with E-state index in [2.05, 4.69) is 25.9 Å². The maximum absolute atomic E-state index is 13.6. The van der Waals surface area contributed by atoms with Crippen LogP contribution in [0.2, 0.25) is 0 Å². The van der Waals surface area contributed by atoms with Crippen molar-refractivity contribution in [1.82, 2.24) is 20.3 Å². The smallest absolute Gasteiger partial charge is 0.228 e. The average Bonchev–Trinajstić information content (AvgIpc) is 2.99. The Hall–Kier alpha value is -4.89. The molecule has 0 saturated carbocycles. The van der Waals surface area contributed by atoms with Gasteiger partial charge in [-0.2, -0.15) is 0 Å². The Morgan fingerprint density at radius 2 is 1.93 bits per heavy atom. The highest BCUT2D eigenvalue weighted by atomic mass is 19.1. The second-order valence-corrected chi connectivity index (χ2v) is 10.4. The second kappa shape index (κ2) is 12.3. The standard InChI is InChI=1S/C33H31FN6O2/c1-21-12-13-25-26(9-3-11-28(25)39-30(41)19-22-6-2-7-23(34)18-22)31(21)42-32-27(10-5-16-36-32)29-14-17-37-33(40-29)38-24-8-4-15-35-20-24/h2-3,5-7,9-14,16-18,24,35H,4,8,15,19-20H2,1H3,(H,39,41)(H,37,38,40)/t24-/m0/s1. The average molecular weight is 563 g/mol. The first-order valence-corrected chi connectivity index (χ1v) is 14.0. The highest BCUT2D eigenvalue weighted by Gasteiger charge is 2.18. The van der Waals surface area contributed by atoms with Crippen LogP contribution in [0.5, 0.6) is 11.6 Å². The molecule has 6 rings (SSSR count). The molecule has 0 spiro atoms. The van der Waals surface area contributed by atoms with E-state index < -0.39 is 0 Å². The van der Waals surface area contributed by atoms with Gasteiger partial charge < -0.3 is 20.7 Å². The van der Waals surface area contributed by atoms with Gasteiger partial charge in [-0.15, -0.1) is 0 Å². The van der Waals surface area contributed by atoms with Gasteiger partial charge in [0.2, 0.25) is 17.7 Å². The number of fused-ring (bicyclic) bond motifs is 1. The highest BCUT2D eigenvalue weighted by Crippen LogP contribution is 2.38. The Bertz CT molecular complexity index is 1740. The molecule has 8 nitrogen and oxygen atoms in total. The van der Waals surface area contributed by atoms with Gasteiger partial charge in [-0.25, -0.2) is 19.3 Å². The lowest BCUT2D eigenvalue weighted by Gasteiger charge is -2.23. The molecule has 5 aromatic rings. The largest absolute Gasteiger partial charge is 0.437 e. The number of hydrogen-bond acceptors (Lipinski definition) is 7. The van der Waals surface area contributed by atoms with Crippen LogP contribution in [0.1, 0.15) is 24.0 Å². The van der Waals surface area contributed by atoms with Crippen molar-refractivity contribution < 1.29 is 13.9 Å². The van der Waals surface area contributed by atoms with Gasteiger partial charge in [0.1, 0.15) is 11.6 Å². The summed E-state index contributed by atoms with van der Waals surface area (Å²) in [4.78, 5) is 26.6. The fraction of sp³-hybridized carbons (Fsp3) is 0.212. The van der Waals surface area contributed by atoms with Crippen molar-refractivity contribution in [3.05, 3.63) is 102 Å². The molecular weight excluding hydrogens is 531 g/mol. The van der Waals surface area contributed by atoms with Crippen LogP contribution in [-0.2, 0) is 11.2 Å². The van der Waals surface area contributed by atoms with Gasteiger partial charge in [0.15, 0.2) is 0 Å².